The van der Waals surface area contributed by atoms with Crippen molar-refractivity contribution in [2.45, 2.75) is 0 Å². The predicted octanol–water partition coefficient (Wildman–Crippen LogP) is -0.492. The number of rotatable bonds is 0. The molecule has 0 radical (unpaired) electrons. The molecule has 0 fully saturated rings. The van der Waals surface area contributed by atoms with Crippen LogP contribution in [0.2, 0.25) is 0 Å². The number of nitrogens with one attached hydrogen (secondary N) is 3. The molecule has 2 rings (SSSR count). The summed E-state index contributed by atoms with van der Waals surface area (Å²) in [6.45, 7) is 0. The molecule has 0 aliphatic rings. The van der Waals surface area contributed by atoms with Crippen LogP contribution in [0.15, 0.2) is 29.5 Å². The molecule has 0 saturated heterocycles. The second kappa shape index (κ2) is 4.04. The van der Waals surface area contributed by atoms with Crippen LogP contribution in [0.1, 0.15) is 0 Å². The Hall–Kier alpha value is -1.85. The van der Waals surface area contributed by atoms with Crippen LogP contribution in [0.3, 0.4) is 0 Å². The quantitative estimate of drug-likeness (QED) is 0.477. The molecule has 0 bridgehead atoms. The molecule has 2 aromatic rings. The molecule has 11 heavy (non-hydrogen) atoms. The van der Waals surface area contributed by atoms with E-state index in [-0.39, 0.29) is 5.56 Å². The fraction of sp³-hybridized carbons (Fsp3) is 0. The Morgan fingerprint density at radius 2 is 2.00 bits per heavy atom. The normalized spacial score (nSPS) is 8.36. The number of aromatic amines is 3. The zero-order chi connectivity index (χ0) is 7.94. The minimum Gasteiger partial charge on any atom is -0.305 e. The molecule has 6 heteroatoms. The maximum absolute atomic E-state index is 9.98. The lowest BCUT2D eigenvalue weighted by atomic mass is 10.7. The Morgan fingerprint density at radius 1 is 1.27 bits per heavy atom. The van der Waals surface area contributed by atoms with Gasteiger partial charge < -0.3 is 5.10 Å². The number of H-pyrrole nitrogens is 3. The van der Waals surface area contributed by atoms with Gasteiger partial charge in [0.05, 0.1) is 12.4 Å². The maximum atomic E-state index is 9.98. The van der Waals surface area contributed by atoms with Crippen molar-refractivity contribution in [3.8, 4) is 0 Å². The topological polar surface area (TPSA) is 90.2 Å². The average molecular weight is 153 g/mol. The monoisotopic (exact) mass is 153 g/mol. The van der Waals surface area contributed by atoms with E-state index in [2.05, 4.69) is 25.6 Å². The maximum Gasteiger partial charge on any atom is 0.263 e. The smallest absolute Gasteiger partial charge is 0.263 e. The van der Waals surface area contributed by atoms with E-state index in [1.165, 1.54) is 6.07 Å². The van der Waals surface area contributed by atoms with Crippen LogP contribution in [0.25, 0.3) is 0 Å². The summed E-state index contributed by atoms with van der Waals surface area (Å²) in [5, 5.41) is 14.1. The second-order valence-electron chi connectivity index (χ2n) is 1.62. The van der Waals surface area contributed by atoms with E-state index in [0.29, 0.717) is 0 Å². The van der Waals surface area contributed by atoms with Crippen LogP contribution in [-0.4, -0.2) is 25.6 Å². The van der Waals surface area contributed by atoms with Crippen LogP contribution in [0.4, 0.5) is 0 Å². The lowest BCUT2D eigenvalue weighted by Crippen LogP contribution is -1.93. The predicted molar refractivity (Wildman–Crippen MR) is 37.8 cm³/mol. The third-order valence-electron chi connectivity index (χ3n) is 0.845. The molecule has 0 amide bonds. The molecule has 2 aromatic heterocycles. The molecule has 0 aliphatic heterocycles. The summed E-state index contributed by atoms with van der Waals surface area (Å²) < 4.78 is 0. The minimum absolute atomic E-state index is 0.0880. The number of nitrogens with zero attached hydrogens (tertiary/aromatic N) is 2. The molecule has 0 aliphatic carbocycles. The van der Waals surface area contributed by atoms with E-state index in [4.69, 9.17) is 0 Å². The number of hydrogen-bond acceptors (Lipinski definition) is 3. The van der Waals surface area contributed by atoms with Gasteiger partial charge in [0.25, 0.3) is 5.56 Å². The van der Waals surface area contributed by atoms with Gasteiger partial charge in [-0.05, 0) is 0 Å². The third-order valence-corrected chi connectivity index (χ3v) is 0.845. The van der Waals surface area contributed by atoms with Crippen molar-refractivity contribution in [3.05, 3.63) is 35.0 Å². The number of hydrogen-bond donors (Lipinski definition) is 3. The van der Waals surface area contributed by atoms with Crippen molar-refractivity contribution < 1.29 is 0 Å². The highest BCUT2D eigenvalue weighted by atomic mass is 16.1. The van der Waals surface area contributed by atoms with Gasteiger partial charge in [0.15, 0.2) is 0 Å². The summed E-state index contributed by atoms with van der Waals surface area (Å²) in [4.78, 5) is 9.98. The zero-order valence-electron chi connectivity index (χ0n) is 5.61. The van der Waals surface area contributed by atoms with Crippen LogP contribution in [0, 0.1) is 0 Å². The van der Waals surface area contributed by atoms with Crippen LogP contribution in [-0.2, 0) is 0 Å². The molecular formula is C5H7N5O. The lowest BCUT2D eigenvalue weighted by molar-refractivity contribution is 0.940. The van der Waals surface area contributed by atoms with E-state index in [1.54, 1.807) is 18.6 Å². The second-order valence-corrected chi connectivity index (χ2v) is 1.62. The van der Waals surface area contributed by atoms with Crippen molar-refractivity contribution >= 4 is 0 Å². The molecule has 0 saturated carbocycles. The summed E-state index contributed by atoms with van der Waals surface area (Å²) >= 11 is 0. The fourth-order valence-corrected chi connectivity index (χ4v) is 0.438. The first kappa shape index (κ1) is 7.26. The van der Waals surface area contributed by atoms with Gasteiger partial charge in [-0.3, -0.25) is 9.89 Å². The van der Waals surface area contributed by atoms with Gasteiger partial charge in [0, 0.05) is 12.3 Å². The largest absolute Gasteiger partial charge is 0.305 e. The first-order valence-corrected chi connectivity index (χ1v) is 2.91. The highest BCUT2D eigenvalue weighted by Gasteiger charge is 1.70. The Bertz CT molecular complexity index is 274. The van der Waals surface area contributed by atoms with Crippen LogP contribution in [0.5, 0.6) is 0 Å². The first-order valence-electron chi connectivity index (χ1n) is 2.91. The molecule has 3 N–H and O–H groups in total. The summed E-state index contributed by atoms with van der Waals surface area (Å²) in [5.41, 5.74) is -0.0880. The Labute approximate surface area is 61.6 Å². The van der Waals surface area contributed by atoms with Gasteiger partial charge in [-0.25, -0.2) is 0 Å². The van der Waals surface area contributed by atoms with Gasteiger partial charge in [-0.1, -0.05) is 0 Å². The minimum atomic E-state index is -0.0880. The highest BCUT2D eigenvalue weighted by molar-refractivity contribution is 4.75. The van der Waals surface area contributed by atoms with Gasteiger partial charge in [-0.2, -0.15) is 15.4 Å². The van der Waals surface area contributed by atoms with Gasteiger partial charge in [0.1, 0.15) is 0 Å². The molecule has 0 atom stereocenters. The Morgan fingerprint density at radius 3 is 2.18 bits per heavy atom. The van der Waals surface area contributed by atoms with Gasteiger partial charge in [0.2, 0.25) is 0 Å². The van der Waals surface area contributed by atoms with E-state index in [0.717, 1.165) is 0 Å². The van der Waals surface area contributed by atoms with E-state index < -0.39 is 0 Å². The van der Waals surface area contributed by atoms with E-state index in [9.17, 15) is 4.79 Å². The summed E-state index contributed by atoms with van der Waals surface area (Å²) in [7, 11) is 0. The fourth-order valence-electron chi connectivity index (χ4n) is 0.438. The molecule has 58 valence electrons. The third kappa shape index (κ3) is 2.99. The van der Waals surface area contributed by atoms with Crippen LogP contribution < -0.4 is 5.56 Å². The molecular weight excluding hydrogens is 146 g/mol. The first-order chi connectivity index (χ1) is 5.39. The van der Waals surface area contributed by atoms with E-state index in [1.807, 2.05) is 0 Å². The average Bonchev–Trinajstić information content (AvgIpc) is 2.57. The summed E-state index contributed by atoms with van der Waals surface area (Å²) in [6, 6.07) is 1.42. The molecule has 0 aromatic carbocycles. The van der Waals surface area contributed by atoms with Crippen molar-refractivity contribution in [3.63, 3.8) is 0 Å². The van der Waals surface area contributed by atoms with Gasteiger partial charge >= 0.3 is 0 Å². The van der Waals surface area contributed by atoms with Gasteiger partial charge in [-0.15, -0.1) is 0 Å². The van der Waals surface area contributed by atoms with Crippen molar-refractivity contribution in [1.82, 2.24) is 25.6 Å². The molecule has 6 nitrogen and oxygen atoms in total. The lowest BCUT2D eigenvalue weighted by Gasteiger charge is -1.55. The van der Waals surface area contributed by atoms with Crippen molar-refractivity contribution in [2.24, 2.45) is 0 Å². The Balaban J connectivity index is 0.000000112. The van der Waals surface area contributed by atoms with Crippen molar-refractivity contribution in [1.29, 1.82) is 0 Å². The number of aromatic nitrogens is 5. The van der Waals surface area contributed by atoms with E-state index >= 15 is 0 Å². The van der Waals surface area contributed by atoms with Crippen LogP contribution >= 0.6 is 0 Å². The molecule has 2 heterocycles. The molecule has 0 unspecified atom stereocenters. The molecule has 0 spiro atoms. The standard InChI is InChI=1S/C3H4N2O.C2H3N3/c6-3-1-2-4-5-3;1-2-4-5-3-1/h1-2H,(H2,4,5,6);1-2H,(H,3,4,5). The van der Waals surface area contributed by atoms with Crippen molar-refractivity contribution in [2.75, 3.05) is 0 Å². The SMILES string of the molecule is O=c1cc[nH][nH]1.c1cn[nH]n1. The summed E-state index contributed by atoms with van der Waals surface area (Å²) in [6.07, 6.45) is 4.71. The summed E-state index contributed by atoms with van der Waals surface area (Å²) in [5.74, 6) is 0. The zero-order valence-corrected chi connectivity index (χ0v) is 5.61. The highest BCUT2D eigenvalue weighted by Crippen LogP contribution is 1.55. The Kier molecular flexibility index (Phi) is 2.67.